The molecule has 0 unspecified atom stereocenters. The van der Waals surface area contributed by atoms with Gasteiger partial charge in [0.25, 0.3) is 0 Å². The highest BCUT2D eigenvalue weighted by atomic mass is 32.1. The van der Waals surface area contributed by atoms with Crippen molar-refractivity contribution in [3.63, 3.8) is 0 Å². The van der Waals surface area contributed by atoms with E-state index >= 15 is 0 Å². The lowest BCUT2D eigenvalue weighted by Gasteiger charge is -2.10. The molecule has 0 atom stereocenters. The van der Waals surface area contributed by atoms with Crippen molar-refractivity contribution in [2.24, 2.45) is 0 Å². The molecule has 2 N–H and O–H groups in total. The number of hydrogen-bond donors (Lipinski definition) is 2. The van der Waals surface area contributed by atoms with E-state index in [1.807, 2.05) is 35.7 Å². The number of nitrogens with zero attached hydrogens (tertiary/aromatic N) is 2. The second-order valence-corrected chi connectivity index (χ2v) is 9.26. The molecule has 0 saturated heterocycles. The normalized spacial score (nSPS) is 10.6. The van der Waals surface area contributed by atoms with Crippen LogP contribution < -0.4 is 9.47 Å². The Labute approximate surface area is 226 Å². The Morgan fingerprint density at radius 3 is 2.16 bits per heavy atom. The van der Waals surface area contributed by atoms with Gasteiger partial charge >= 0.3 is 11.9 Å². The smallest absolute Gasteiger partial charge is 0.328 e. The van der Waals surface area contributed by atoms with E-state index in [0.717, 1.165) is 18.7 Å². The Morgan fingerprint density at radius 1 is 0.895 bits per heavy atom. The minimum atomic E-state index is -1.26. The number of carbonyl (C=O) groups is 3. The first-order chi connectivity index (χ1) is 18.3. The van der Waals surface area contributed by atoms with Crippen LogP contribution in [0.2, 0.25) is 0 Å². The van der Waals surface area contributed by atoms with Crippen LogP contribution >= 0.6 is 11.3 Å². The molecule has 1 aromatic carbocycles. The Kier molecular flexibility index (Phi) is 13.3. The largest absolute Gasteiger partial charge is 0.494 e. The minimum absolute atomic E-state index is 0.0846. The highest BCUT2D eigenvalue weighted by molar-refractivity contribution is 7.12. The minimum Gasteiger partial charge on any atom is -0.494 e. The Hall–Kier alpha value is -4.02. The third-order valence-corrected chi connectivity index (χ3v) is 5.80. The van der Waals surface area contributed by atoms with Gasteiger partial charge in [0.05, 0.1) is 17.0 Å². The third-order valence-electron chi connectivity index (χ3n) is 4.94. The van der Waals surface area contributed by atoms with Crippen molar-refractivity contribution in [1.82, 2.24) is 9.88 Å². The van der Waals surface area contributed by atoms with E-state index in [2.05, 4.69) is 24.0 Å². The summed E-state index contributed by atoms with van der Waals surface area (Å²) in [6, 6.07) is 14.6. The number of pyridine rings is 1. The van der Waals surface area contributed by atoms with Crippen LogP contribution in [0.3, 0.4) is 0 Å². The standard InChI is InChI=1S/C24H28N2O3S.C4H4O4/c1-26(2)16-5-3-4-6-17-28-19-11-13-20(14-12-19)29-24-21(9-7-15-25-24)23(27)22-10-8-18-30-22;5-3(6)1-2-4(7)8/h7-15,18H,3-6,16-17H2,1-2H3;1-2H,(H,5,6)(H,7,8). The lowest BCUT2D eigenvalue weighted by atomic mass is 10.1. The quantitative estimate of drug-likeness (QED) is 0.157. The molecule has 3 aromatic rings. The molecule has 2 heterocycles. The van der Waals surface area contributed by atoms with Crippen LogP contribution in [0.1, 0.15) is 40.9 Å². The van der Waals surface area contributed by atoms with Crippen molar-refractivity contribution in [2.75, 3.05) is 27.2 Å². The van der Waals surface area contributed by atoms with Crippen LogP contribution in [0.5, 0.6) is 17.4 Å². The van der Waals surface area contributed by atoms with Gasteiger partial charge in [-0.2, -0.15) is 0 Å². The molecule has 0 spiro atoms. The number of carboxylic acid groups (broad SMARTS) is 2. The predicted molar refractivity (Wildman–Crippen MR) is 145 cm³/mol. The number of hydrogen-bond acceptors (Lipinski definition) is 8. The monoisotopic (exact) mass is 540 g/mol. The van der Waals surface area contributed by atoms with Crippen LogP contribution in [0.4, 0.5) is 0 Å². The van der Waals surface area contributed by atoms with E-state index in [4.69, 9.17) is 19.7 Å². The summed E-state index contributed by atoms with van der Waals surface area (Å²) < 4.78 is 11.7. The maximum absolute atomic E-state index is 12.7. The molecule has 10 heteroatoms. The van der Waals surface area contributed by atoms with Crippen LogP contribution in [0.15, 0.2) is 72.3 Å². The Morgan fingerprint density at radius 2 is 1.55 bits per heavy atom. The first kappa shape index (κ1) is 30.2. The Balaban J connectivity index is 0.000000550. The maximum Gasteiger partial charge on any atom is 0.328 e. The Bertz CT molecular complexity index is 1160. The average Bonchev–Trinajstić information content (AvgIpc) is 3.43. The van der Waals surface area contributed by atoms with Crippen molar-refractivity contribution in [1.29, 1.82) is 0 Å². The van der Waals surface area contributed by atoms with E-state index in [1.54, 1.807) is 24.4 Å². The van der Waals surface area contributed by atoms with Crippen LogP contribution in [-0.2, 0) is 9.59 Å². The maximum atomic E-state index is 12.7. The fourth-order valence-corrected chi connectivity index (χ4v) is 3.80. The first-order valence-corrected chi connectivity index (χ1v) is 12.9. The number of carboxylic acids is 2. The molecule has 0 radical (unpaired) electrons. The second kappa shape index (κ2) is 16.7. The molecule has 0 aliphatic rings. The number of aromatic nitrogens is 1. The zero-order valence-electron chi connectivity index (χ0n) is 21.4. The summed E-state index contributed by atoms with van der Waals surface area (Å²) in [4.78, 5) is 38.9. The van der Waals surface area contributed by atoms with Gasteiger partial charge in [-0.1, -0.05) is 18.9 Å². The van der Waals surface area contributed by atoms with Gasteiger partial charge in [0.2, 0.25) is 11.7 Å². The molecule has 0 aliphatic carbocycles. The highest BCUT2D eigenvalue weighted by Gasteiger charge is 2.17. The average molecular weight is 541 g/mol. The van der Waals surface area contributed by atoms with Gasteiger partial charge in [-0.05, 0) is 81.3 Å². The molecule has 0 bridgehead atoms. The van der Waals surface area contributed by atoms with Crippen molar-refractivity contribution >= 4 is 29.1 Å². The number of benzene rings is 1. The zero-order chi connectivity index (χ0) is 27.8. The van der Waals surface area contributed by atoms with Gasteiger partial charge < -0.3 is 24.6 Å². The van der Waals surface area contributed by atoms with Crippen molar-refractivity contribution in [2.45, 2.75) is 25.7 Å². The number of ketones is 1. The molecule has 2 aromatic heterocycles. The summed E-state index contributed by atoms with van der Waals surface area (Å²) in [6.07, 6.45) is 7.42. The van der Waals surface area contributed by atoms with Crippen LogP contribution in [0.25, 0.3) is 0 Å². The predicted octanol–water partition coefficient (Wildman–Crippen LogP) is 5.38. The van der Waals surface area contributed by atoms with Crippen LogP contribution in [0, 0.1) is 0 Å². The van der Waals surface area contributed by atoms with E-state index in [1.165, 1.54) is 30.6 Å². The molecule has 202 valence electrons. The summed E-state index contributed by atoms with van der Waals surface area (Å²) in [7, 11) is 4.21. The van der Waals surface area contributed by atoms with Gasteiger partial charge in [0, 0.05) is 18.3 Å². The number of carbonyl (C=O) groups excluding carboxylic acids is 1. The molecular formula is C28H32N2O7S. The second-order valence-electron chi connectivity index (χ2n) is 8.31. The lowest BCUT2D eigenvalue weighted by Crippen LogP contribution is -2.12. The molecule has 38 heavy (non-hydrogen) atoms. The number of ether oxygens (including phenoxy) is 2. The lowest BCUT2D eigenvalue weighted by molar-refractivity contribution is -0.134. The zero-order valence-corrected chi connectivity index (χ0v) is 22.2. The van der Waals surface area contributed by atoms with Crippen LogP contribution in [-0.4, -0.2) is 65.1 Å². The number of unbranched alkanes of at least 4 members (excludes halogenated alkanes) is 3. The van der Waals surface area contributed by atoms with Gasteiger partial charge in [-0.3, -0.25) is 4.79 Å². The van der Waals surface area contributed by atoms with E-state index in [-0.39, 0.29) is 5.78 Å². The third kappa shape index (κ3) is 11.8. The SMILES string of the molecule is CN(C)CCCCCCOc1ccc(Oc2ncccc2C(=O)c2cccs2)cc1.O=C(O)C=CC(=O)O. The summed E-state index contributed by atoms with van der Waals surface area (Å²) in [5.41, 5.74) is 0.453. The molecular weight excluding hydrogens is 508 g/mol. The molecule has 0 amide bonds. The van der Waals surface area contributed by atoms with Crippen molar-refractivity contribution in [3.8, 4) is 17.4 Å². The summed E-state index contributed by atoms with van der Waals surface area (Å²) in [5.74, 6) is -0.864. The van der Waals surface area contributed by atoms with E-state index in [9.17, 15) is 14.4 Å². The number of rotatable bonds is 14. The van der Waals surface area contributed by atoms with E-state index < -0.39 is 11.9 Å². The molecule has 0 aliphatic heterocycles. The summed E-state index contributed by atoms with van der Waals surface area (Å²) >= 11 is 1.41. The van der Waals surface area contributed by atoms with Gasteiger partial charge in [0.15, 0.2) is 0 Å². The van der Waals surface area contributed by atoms with Crippen molar-refractivity contribution in [3.05, 3.63) is 82.7 Å². The van der Waals surface area contributed by atoms with Gasteiger partial charge in [0.1, 0.15) is 11.5 Å². The summed E-state index contributed by atoms with van der Waals surface area (Å²) in [5, 5.41) is 17.5. The summed E-state index contributed by atoms with van der Waals surface area (Å²) in [6.45, 7) is 1.85. The molecule has 0 saturated carbocycles. The fourth-order valence-electron chi connectivity index (χ4n) is 3.12. The fraction of sp³-hybridized carbons (Fsp3) is 0.286. The van der Waals surface area contributed by atoms with Gasteiger partial charge in [-0.15, -0.1) is 11.3 Å². The molecule has 3 rings (SSSR count). The van der Waals surface area contributed by atoms with Gasteiger partial charge in [-0.25, -0.2) is 14.6 Å². The molecule has 9 nitrogen and oxygen atoms in total. The first-order valence-electron chi connectivity index (χ1n) is 12.0. The topological polar surface area (TPSA) is 126 Å². The highest BCUT2D eigenvalue weighted by Crippen LogP contribution is 2.27. The number of thiophene rings is 1. The van der Waals surface area contributed by atoms with Crippen molar-refractivity contribution < 1.29 is 34.1 Å². The molecule has 0 fully saturated rings. The van der Waals surface area contributed by atoms with E-state index in [0.29, 0.717) is 40.8 Å². The number of aliphatic carboxylic acids is 2.